The molecule has 27 heavy (non-hydrogen) atoms. The average Bonchev–Trinajstić information content (AvgIpc) is 3.09. The number of rotatable bonds is 6. The van der Waals surface area contributed by atoms with Crippen LogP contribution in [0.1, 0.15) is 24.6 Å². The van der Waals surface area contributed by atoms with Gasteiger partial charge >= 0.3 is 0 Å². The fourth-order valence-corrected chi connectivity index (χ4v) is 4.66. The molecule has 0 atom stereocenters. The van der Waals surface area contributed by atoms with Crippen LogP contribution in [0.15, 0.2) is 57.6 Å². The fraction of sp³-hybridized carbons (Fsp3) is 0.211. The first-order valence-electron chi connectivity index (χ1n) is 8.60. The summed E-state index contributed by atoms with van der Waals surface area (Å²) in [7, 11) is 0. The lowest BCUT2D eigenvalue weighted by Crippen LogP contribution is -1.99. The summed E-state index contributed by atoms with van der Waals surface area (Å²) in [6.07, 6.45) is 4.07. The van der Waals surface area contributed by atoms with Crippen LogP contribution in [0.2, 0.25) is 5.02 Å². The second kappa shape index (κ2) is 7.14. The Morgan fingerprint density at radius 1 is 1.22 bits per heavy atom. The maximum atomic E-state index is 6.05. The Kier molecular flexibility index (Phi) is 4.51. The van der Waals surface area contributed by atoms with Gasteiger partial charge in [0.05, 0.1) is 10.6 Å². The number of thiophene rings is 1. The Balaban J connectivity index is 1.35. The molecule has 3 aromatic heterocycles. The monoisotopic (exact) mass is 414 g/mol. The molecule has 5 nitrogen and oxygen atoms in total. The van der Waals surface area contributed by atoms with E-state index in [9.17, 15) is 0 Å². The van der Waals surface area contributed by atoms with E-state index in [0.717, 1.165) is 27.1 Å². The van der Waals surface area contributed by atoms with E-state index >= 15 is 0 Å². The first kappa shape index (κ1) is 17.0. The Labute approximate surface area is 169 Å². The molecule has 1 saturated carbocycles. The van der Waals surface area contributed by atoms with Crippen molar-refractivity contribution in [1.82, 2.24) is 19.7 Å². The van der Waals surface area contributed by atoms with Crippen molar-refractivity contribution in [2.24, 2.45) is 0 Å². The van der Waals surface area contributed by atoms with E-state index in [2.05, 4.69) is 31.2 Å². The minimum atomic E-state index is 0.513. The normalized spacial score (nSPS) is 14.0. The van der Waals surface area contributed by atoms with Gasteiger partial charge in [-0.1, -0.05) is 35.5 Å². The van der Waals surface area contributed by atoms with Gasteiger partial charge in [0.1, 0.15) is 6.26 Å². The third-order valence-electron chi connectivity index (χ3n) is 4.29. The summed E-state index contributed by atoms with van der Waals surface area (Å²) in [5.41, 5.74) is 1.75. The highest BCUT2D eigenvalue weighted by Crippen LogP contribution is 2.42. The molecular formula is C19H15ClN4OS2. The number of thioether (sulfide) groups is 1. The number of nitrogens with zero attached hydrogens (tertiary/aromatic N) is 4. The van der Waals surface area contributed by atoms with Crippen LogP contribution in [0.25, 0.3) is 22.2 Å². The summed E-state index contributed by atoms with van der Waals surface area (Å²) in [6.45, 7) is 0. The maximum absolute atomic E-state index is 6.05. The van der Waals surface area contributed by atoms with Crippen molar-refractivity contribution in [3.8, 4) is 22.2 Å². The summed E-state index contributed by atoms with van der Waals surface area (Å²) >= 11 is 9.39. The van der Waals surface area contributed by atoms with Crippen LogP contribution in [0.4, 0.5) is 0 Å². The Bertz CT molecular complexity index is 1070. The number of aromatic nitrogens is 4. The molecule has 136 valence electrons. The quantitative estimate of drug-likeness (QED) is 0.365. The Hall–Kier alpha value is -2.09. The zero-order chi connectivity index (χ0) is 18.2. The van der Waals surface area contributed by atoms with E-state index in [1.54, 1.807) is 29.4 Å². The van der Waals surface area contributed by atoms with Crippen LogP contribution < -0.4 is 0 Å². The lowest BCUT2D eigenvalue weighted by Gasteiger charge is -2.06. The molecule has 0 aliphatic heterocycles. The van der Waals surface area contributed by atoms with Crippen molar-refractivity contribution in [3.05, 3.63) is 58.8 Å². The summed E-state index contributed by atoms with van der Waals surface area (Å²) in [5.74, 6) is 2.23. The van der Waals surface area contributed by atoms with E-state index in [1.807, 2.05) is 30.3 Å². The van der Waals surface area contributed by atoms with Gasteiger partial charge in [0.2, 0.25) is 5.89 Å². The molecule has 1 aliphatic rings. The molecule has 0 amide bonds. The first-order valence-corrected chi connectivity index (χ1v) is 10.8. The van der Waals surface area contributed by atoms with E-state index in [4.69, 9.17) is 16.0 Å². The number of oxazole rings is 1. The van der Waals surface area contributed by atoms with Crippen LogP contribution in [0.5, 0.6) is 0 Å². The summed E-state index contributed by atoms with van der Waals surface area (Å²) < 4.78 is 7.90. The molecule has 1 aromatic carbocycles. The van der Waals surface area contributed by atoms with Gasteiger partial charge in [-0.2, -0.15) is 0 Å². The zero-order valence-electron chi connectivity index (χ0n) is 14.2. The predicted molar refractivity (Wildman–Crippen MR) is 108 cm³/mol. The molecule has 0 radical (unpaired) electrons. The molecule has 1 aliphatic carbocycles. The van der Waals surface area contributed by atoms with Crippen LogP contribution in [0.3, 0.4) is 0 Å². The second-order valence-electron chi connectivity index (χ2n) is 6.33. The van der Waals surface area contributed by atoms with Gasteiger partial charge in [-0.15, -0.1) is 21.5 Å². The van der Waals surface area contributed by atoms with E-state index < -0.39 is 0 Å². The van der Waals surface area contributed by atoms with Gasteiger partial charge in [-0.05, 0) is 42.5 Å². The molecule has 0 N–H and O–H groups in total. The van der Waals surface area contributed by atoms with Crippen molar-refractivity contribution >= 4 is 34.7 Å². The van der Waals surface area contributed by atoms with E-state index in [-0.39, 0.29) is 0 Å². The molecule has 4 aromatic rings. The Morgan fingerprint density at radius 2 is 2.15 bits per heavy atom. The van der Waals surface area contributed by atoms with Crippen LogP contribution in [-0.4, -0.2) is 19.7 Å². The summed E-state index contributed by atoms with van der Waals surface area (Å²) in [5, 5.41) is 12.5. The molecule has 1 fully saturated rings. The van der Waals surface area contributed by atoms with E-state index in [1.165, 1.54) is 12.8 Å². The average molecular weight is 415 g/mol. The van der Waals surface area contributed by atoms with Crippen LogP contribution >= 0.6 is 34.7 Å². The standard InChI is InChI=1S/C19H15ClN4OS2/c20-13-4-1-3-12(9-13)18-21-14(10-25-18)11-27-19-23-22-17(16-5-2-8-26-16)24(19)15-6-7-15/h1-5,8-10,15H,6-7,11H2. The molecule has 8 heteroatoms. The van der Waals surface area contributed by atoms with Crippen LogP contribution in [0, 0.1) is 0 Å². The minimum Gasteiger partial charge on any atom is -0.444 e. The van der Waals surface area contributed by atoms with Gasteiger partial charge in [0.15, 0.2) is 11.0 Å². The van der Waals surface area contributed by atoms with Gasteiger partial charge in [-0.3, -0.25) is 4.57 Å². The topological polar surface area (TPSA) is 56.7 Å². The number of benzene rings is 1. The second-order valence-corrected chi connectivity index (χ2v) is 8.65. The van der Waals surface area contributed by atoms with Gasteiger partial charge in [0, 0.05) is 22.4 Å². The van der Waals surface area contributed by atoms with Crippen molar-refractivity contribution in [1.29, 1.82) is 0 Å². The summed E-state index contributed by atoms with van der Waals surface area (Å²) in [6, 6.07) is 12.2. The summed E-state index contributed by atoms with van der Waals surface area (Å²) in [4.78, 5) is 5.74. The first-order chi connectivity index (χ1) is 13.3. The SMILES string of the molecule is Clc1cccc(-c2nc(CSc3nnc(-c4cccs4)n3C3CC3)co2)c1. The predicted octanol–water partition coefficient (Wildman–Crippen LogP) is 5.94. The van der Waals surface area contributed by atoms with Crippen molar-refractivity contribution in [2.75, 3.05) is 0 Å². The van der Waals surface area contributed by atoms with Crippen LogP contribution in [-0.2, 0) is 5.75 Å². The van der Waals surface area contributed by atoms with Crippen molar-refractivity contribution < 1.29 is 4.42 Å². The van der Waals surface area contributed by atoms with Gasteiger partial charge < -0.3 is 4.42 Å². The largest absolute Gasteiger partial charge is 0.444 e. The number of hydrogen-bond acceptors (Lipinski definition) is 6. The van der Waals surface area contributed by atoms with Crippen molar-refractivity contribution in [3.63, 3.8) is 0 Å². The lowest BCUT2D eigenvalue weighted by molar-refractivity contribution is 0.573. The highest BCUT2D eigenvalue weighted by atomic mass is 35.5. The van der Waals surface area contributed by atoms with Gasteiger partial charge in [-0.25, -0.2) is 4.98 Å². The fourth-order valence-electron chi connectivity index (χ4n) is 2.88. The maximum Gasteiger partial charge on any atom is 0.226 e. The molecule has 0 unspecified atom stereocenters. The van der Waals surface area contributed by atoms with Crippen molar-refractivity contribution in [2.45, 2.75) is 29.8 Å². The third-order valence-corrected chi connectivity index (χ3v) is 6.37. The molecule has 0 spiro atoms. The van der Waals surface area contributed by atoms with E-state index in [0.29, 0.717) is 22.7 Å². The Morgan fingerprint density at radius 3 is 2.93 bits per heavy atom. The molecule has 5 rings (SSSR count). The van der Waals surface area contributed by atoms with Gasteiger partial charge in [0.25, 0.3) is 0 Å². The zero-order valence-corrected chi connectivity index (χ0v) is 16.6. The highest BCUT2D eigenvalue weighted by molar-refractivity contribution is 7.98. The molecular weight excluding hydrogens is 400 g/mol. The number of halogens is 1. The third kappa shape index (κ3) is 3.54. The molecule has 0 saturated heterocycles. The number of hydrogen-bond donors (Lipinski definition) is 0. The lowest BCUT2D eigenvalue weighted by atomic mass is 10.2. The molecule has 0 bridgehead atoms. The minimum absolute atomic E-state index is 0.513. The highest BCUT2D eigenvalue weighted by Gasteiger charge is 2.30. The smallest absolute Gasteiger partial charge is 0.226 e. The molecule has 3 heterocycles.